The Hall–Kier alpha value is -1.92. The highest BCUT2D eigenvalue weighted by Gasteiger charge is 2.02. The quantitative estimate of drug-likeness (QED) is 0.406. The van der Waals surface area contributed by atoms with Gasteiger partial charge in [-0.15, -0.1) is 0 Å². The number of aliphatic imine (C=N–C) groups is 1. The molecule has 2 aromatic rings. The number of nitrogens with zero attached hydrogens (tertiary/aromatic N) is 3. The first kappa shape index (κ1) is 17.4. The molecule has 6 nitrogen and oxygen atoms in total. The summed E-state index contributed by atoms with van der Waals surface area (Å²) < 4.78 is 2.11. The minimum Gasteiger partial charge on any atom is -0.367 e. The van der Waals surface area contributed by atoms with Crippen LogP contribution in [0.3, 0.4) is 0 Å². The van der Waals surface area contributed by atoms with Gasteiger partial charge in [0.2, 0.25) is 0 Å². The standard InChI is InChI=1S/C15H20Cl2N6/c1-18-15(21-6-9-23-7-2-3-8-23)20-5-4-19-14-13(17)10-12(16)11-22-14/h2-3,7-8,10-11H,4-6,9H2,1H3,(H,19,22)(H2,18,20,21). The smallest absolute Gasteiger partial charge is 0.191 e. The zero-order valence-electron chi connectivity index (χ0n) is 12.9. The number of rotatable bonds is 7. The normalized spacial score (nSPS) is 11.3. The molecule has 0 bridgehead atoms. The number of pyridine rings is 1. The lowest BCUT2D eigenvalue weighted by Crippen LogP contribution is -2.40. The van der Waals surface area contributed by atoms with E-state index in [1.165, 1.54) is 0 Å². The van der Waals surface area contributed by atoms with Crippen LogP contribution >= 0.6 is 23.2 Å². The lowest BCUT2D eigenvalue weighted by atomic mass is 10.4. The van der Waals surface area contributed by atoms with Crippen molar-refractivity contribution in [2.45, 2.75) is 6.54 Å². The monoisotopic (exact) mass is 354 g/mol. The molecule has 2 rings (SSSR count). The lowest BCUT2D eigenvalue weighted by molar-refractivity contribution is 0.666. The third-order valence-electron chi connectivity index (χ3n) is 3.07. The van der Waals surface area contributed by atoms with Crippen LogP contribution in [0.25, 0.3) is 0 Å². The van der Waals surface area contributed by atoms with Gasteiger partial charge in [-0.3, -0.25) is 4.99 Å². The minimum atomic E-state index is 0.506. The summed E-state index contributed by atoms with van der Waals surface area (Å²) in [5.74, 6) is 1.38. The maximum Gasteiger partial charge on any atom is 0.191 e. The van der Waals surface area contributed by atoms with Gasteiger partial charge in [0.25, 0.3) is 0 Å². The van der Waals surface area contributed by atoms with Crippen LogP contribution in [-0.2, 0) is 6.54 Å². The summed E-state index contributed by atoms with van der Waals surface area (Å²) in [4.78, 5) is 8.32. The van der Waals surface area contributed by atoms with E-state index < -0.39 is 0 Å². The lowest BCUT2D eigenvalue weighted by Gasteiger charge is -2.13. The minimum absolute atomic E-state index is 0.506. The van der Waals surface area contributed by atoms with Crippen LogP contribution in [-0.4, -0.2) is 42.2 Å². The SMILES string of the molecule is CN=C(NCCNc1ncc(Cl)cc1Cl)NCCn1cccc1. The topological polar surface area (TPSA) is 66.3 Å². The molecule has 124 valence electrons. The average molecular weight is 355 g/mol. The molecule has 0 aliphatic carbocycles. The molecule has 0 aromatic carbocycles. The Balaban J connectivity index is 1.65. The molecule has 0 radical (unpaired) electrons. The van der Waals surface area contributed by atoms with Crippen molar-refractivity contribution in [2.75, 3.05) is 32.0 Å². The highest BCUT2D eigenvalue weighted by molar-refractivity contribution is 6.35. The number of anilines is 1. The van der Waals surface area contributed by atoms with Crippen molar-refractivity contribution in [1.82, 2.24) is 20.2 Å². The Labute approximate surface area is 145 Å². The molecule has 0 aliphatic heterocycles. The zero-order valence-corrected chi connectivity index (χ0v) is 14.4. The highest BCUT2D eigenvalue weighted by atomic mass is 35.5. The summed E-state index contributed by atoms with van der Waals surface area (Å²) in [6.45, 7) is 3.03. The van der Waals surface area contributed by atoms with Crippen LogP contribution in [0.1, 0.15) is 0 Å². The first-order chi connectivity index (χ1) is 11.2. The number of halogens is 2. The summed E-state index contributed by atoms with van der Waals surface area (Å²) >= 11 is 11.9. The van der Waals surface area contributed by atoms with Gasteiger partial charge in [0.15, 0.2) is 5.96 Å². The van der Waals surface area contributed by atoms with E-state index in [-0.39, 0.29) is 0 Å². The number of hydrogen-bond acceptors (Lipinski definition) is 3. The molecule has 0 saturated carbocycles. The molecule has 0 amide bonds. The second-order valence-electron chi connectivity index (χ2n) is 4.76. The van der Waals surface area contributed by atoms with Gasteiger partial charge in [0.05, 0.1) is 10.0 Å². The first-order valence-corrected chi connectivity index (χ1v) is 8.05. The number of hydrogen-bond donors (Lipinski definition) is 3. The van der Waals surface area contributed by atoms with E-state index in [1.807, 2.05) is 24.5 Å². The zero-order chi connectivity index (χ0) is 16.5. The summed E-state index contributed by atoms with van der Waals surface area (Å²) in [6.07, 6.45) is 5.63. The van der Waals surface area contributed by atoms with Crippen LogP contribution in [0.4, 0.5) is 5.82 Å². The Bertz CT molecular complexity index is 627. The summed E-state index contributed by atoms with van der Waals surface area (Å²) in [5, 5.41) is 10.6. The van der Waals surface area contributed by atoms with Crippen LogP contribution in [0.2, 0.25) is 10.0 Å². The fourth-order valence-electron chi connectivity index (χ4n) is 1.95. The molecule has 0 unspecified atom stereocenters. The molecule has 2 aromatic heterocycles. The van der Waals surface area contributed by atoms with Gasteiger partial charge in [0.1, 0.15) is 5.82 Å². The number of aromatic nitrogens is 2. The predicted octanol–water partition coefficient (Wildman–Crippen LogP) is 2.47. The van der Waals surface area contributed by atoms with Gasteiger partial charge in [-0.05, 0) is 18.2 Å². The molecule has 0 fully saturated rings. The van der Waals surface area contributed by atoms with E-state index in [2.05, 4.69) is 30.5 Å². The molecule has 0 aliphatic rings. The predicted molar refractivity (Wildman–Crippen MR) is 96.5 cm³/mol. The second-order valence-corrected chi connectivity index (χ2v) is 5.60. The number of guanidine groups is 1. The van der Waals surface area contributed by atoms with E-state index in [1.54, 1.807) is 19.3 Å². The fourth-order valence-corrected chi connectivity index (χ4v) is 2.40. The van der Waals surface area contributed by atoms with E-state index in [0.717, 1.165) is 19.0 Å². The Morgan fingerprint density at radius 3 is 2.61 bits per heavy atom. The van der Waals surface area contributed by atoms with Gasteiger partial charge in [-0.25, -0.2) is 4.98 Å². The van der Waals surface area contributed by atoms with Crippen LogP contribution in [0.15, 0.2) is 41.8 Å². The third-order valence-corrected chi connectivity index (χ3v) is 3.56. The molecule has 3 N–H and O–H groups in total. The molecule has 23 heavy (non-hydrogen) atoms. The van der Waals surface area contributed by atoms with Gasteiger partial charge >= 0.3 is 0 Å². The van der Waals surface area contributed by atoms with Gasteiger partial charge < -0.3 is 20.5 Å². The maximum absolute atomic E-state index is 6.05. The molecule has 0 saturated heterocycles. The molecule has 2 heterocycles. The van der Waals surface area contributed by atoms with Crippen molar-refractivity contribution in [3.05, 3.63) is 46.8 Å². The van der Waals surface area contributed by atoms with Crippen molar-refractivity contribution in [1.29, 1.82) is 0 Å². The summed E-state index contributed by atoms with van der Waals surface area (Å²) in [7, 11) is 1.75. The summed E-state index contributed by atoms with van der Waals surface area (Å²) in [5.41, 5.74) is 0. The average Bonchev–Trinajstić information content (AvgIpc) is 3.04. The molecule has 0 spiro atoms. The Morgan fingerprint density at radius 2 is 1.91 bits per heavy atom. The van der Waals surface area contributed by atoms with E-state index >= 15 is 0 Å². The number of nitrogens with one attached hydrogen (secondary N) is 3. The molecular weight excluding hydrogens is 335 g/mol. The maximum atomic E-state index is 6.05. The summed E-state index contributed by atoms with van der Waals surface area (Å²) in [6, 6.07) is 5.68. The molecular formula is C15H20Cl2N6. The van der Waals surface area contributed by atoms with Crippen LogP contribution in [0, 0.1) is 0 Å². The van der Waals surface area contributed by atoms with Gasteiger partial charge in [-0.1, -0.05) is 23.2 Å². The molecule has 8 heteroatoms. The van der Waals surface area contributed by atoms with Crippen molar-refractivity contribution >= 4 is 35.0 Å². The Kier molecular flexibility index (Phi) is 7.03. The Morgan fingerprint density at radius 1 is 1.17 bits per heavy atom. The van der Waals surface area contributed by atoms with E-state index in [9.17, 15) is 0 Å². The van der Waals surface area contributed by atoms with Crippen molar-refractivity contribution in [2.24, 2.45) is 4.99 Å². The highest BCUT2D eigenvalue weighted by Crippen LogP contribution is 2.21. The van der Waals surface area contributed by atoms with E-state index in [0.29, 0.717) is 29.0 Å². The first-order valence-electron chi connectivity index (χ1n) is 7.29. The van der Waals surface area contributed by atoms with Crippen molar-refractivity contribution in [3.63, 3.8) is 0 Å². The second kappa shape index (κ2) is 9.27. The van der Waals surface area contributed by atoms with Crippen LogP contribution < -0.4 is 16.0 Å². The third kappa shape index (κ3) is 6.00. The van der Waals surface area contributed by atoms with Crippen molar-refractivity contribution < 1.29 is 0 Å². The van der Waals surface area contributed by atoms with Crippen molar-refractivity contribution in [3.8, 4) is 0 Å². The largest absolute Gasteiger partial charge is 0.367 e. The fraction of sp³-hybridized carbons (Fsp3) is 0.333. The van der Waals surface area contributed by atoms with Crippen LogP contribution in [0.5, 0.6) is 0 Å². The molecule has 0 atom stereocenters. The van der Waals surface area contributed by atoms with Gasteiger partial charge in [-0.2, -0.15) is 0 Å². The van der Waals surface area contributed by atoms with Gasteiger partial charge in [0, 0.05) is 51.8 Å². The van der Waals surface area contributed by atoms with E-state index in [4.69, 9.17) is 23.2 Å².